The third kappa shape index (κ3) is 3.79. The summed E-state index contributed by atoms with van der Waals surface area (Å²) in [5.74, 6) is 0. The molecule has 1 atom stereocenters. The maximum atomic E-state index is 9.08. The van der Waals surface area contributed by atoms with Crippen molar-refractivity contribution in [1.82, 2.24) is 0 Å². The number of nitrogens with one attached hydrogen (secondary N) is 1. The molecule has 0 heterocycles. The summed E-state index contributed by atoms with van der Waals surface area (Å²) in [6.07, 6.45) is 1.40. The van der Waals surface area contributed by atoms with E-state index in [0.717, 1.165) is 25.1 Å². The number of hydrogen-bond acceptors (Lipinski definition) is 4. The van der Waals surface area contributed by atoms with E-state index in [1.165, 1.54) is 0 Å². The van der Waals surface area contributed by atoms with Crippen molar-refractivity contribution in [1.29, 1.82) is 5.26 Å². The third-order valence-electron chi connectivity index (χ3n) is 2.30. The molecule has 0 aromatic heterocycles. The fourth-order valence-electron chi connectivity index (χ4n) is 1.39. The molecule has 0 saturated heterocycles. The molecule has 0 aliphatic heterocycles. The summed E-state index contributed by atoms with van der Waals surface area (Å²) in [5.41, 5.74) is 7.48. The molecule has 1 aromatic rings. The van der Waals surface area contributed by atoms with Gasteiger partial charge in [-0.05, 0) is 38.0 Å². The molecule has 0 aliphatic carbocycles. The number of nitrogens with two attached hydrogens (primary N) is 1. The smallest absolute Gasteiger partial charge is 0.101 e. The van der Waals surface area contributed by atoms with E-state index in [2.05, 4.69) is 5.32 Å². The van der Waals surface area contributed by atoms with Crippen molar-refractivity contribution in [2.45, 2.75) is 25.9 Å². The molecule has 0 bridgehead atoms. The first-order valence-corrected chi connectivity index (χ1v) is 5.35. The molecule has 4 heteroatoms. The number of rotatable bonds is 5. The predicted molar refractivity (Wildman–Crippen MR) is 65.0 cm³/mol. The van der Waals surface area contributed by atoms with Crippen molar-refractivity contribution in [2.24, 2.45) is 0 Å². The van der Waals surface area contributed by atoms with Gasteiger partial charge in [0.15, 0.2) is 0 Å². The summed E-state index contributed by atoms with van der Waals surface area (Å²) in [4.78, 5) is 0. The topological polar surface area (TPSA) is 82.1 Å². The molecule has 0 fully saturated rings. The normalized spacial score (nSPS) is 11.8. The number of nitriles is 1. The van der Waals surface area contributed by atoms with Crippen molar-refractivity contribution in [3.05, 3.63) is 23.8 Å². The first-order chi connectivity index (χ1) is 7.63. The molecule has 0 radical (unpaired) electrons. The van der Waals surface area contributed by atoms with E-state index in [1.807, 2.05) is 12.1 Å². The zero-order valence-electron chi connectivity index (χ0n) is 9.40. The minimum Gasteiger partial charge on any atom is -0.398 e. The number of aliphatic hydroxyl groups excluding tert-OH is 1. The van der Waals surface area contributed by atoms with Crippen LogP contribution < -0.4 is 11.1 Å². The van der Waals surface area contributed by atoms with Crippen LogP contribution >= 0.6 is 0 Å². The number of anilines is 2. The molecule has 0 aliphatic rings. The standard InChI is InChI=1S/C12H17N3O/c1-9(16)3-2-6-15-11-4-5-12(14)10(7-11)8-13/h4-5,7,9,15-16H,2-3,6,14H2,1H3. The highest BCUT2D eigenvalue weighted by molar-refractivity contribution is 5.61. The van der Waals surface area contributed by atoms with Crippen molar-refractivity contribution < 1.29 is 5.11 Å². The summed E-state index contributed by atoms with van der Waals surface area (Å²) >= 11 is 0. The van der Waals surface area contributed by atoms with Crippen LogP contribution in [0.25, 0.3) is 0 Å². The van der Waals surface area contributed by atoms with Crippen molar-refractivity contribution in [3.63, 3.8) is 0 Å². The Bertz CT molecular complexity index is 382. The van der Waals surface area contributed by atoms with Gasteiger partial charge >= 0.3 is 0 Å². The van der Waals surface area contributed by atoms with Gasteiger partial charge in [0.05, 0.1) is 11.7 Å². The zero-order chi connectivity index (χ0) is 12.0. The quantitative estimate of drug-likeness (QED) is 0.520. The van der Waals surface area contributed by atoms with Crippen LogP contribution in [0.15, 0.2) is 18.2 Å². The van der Waals surface area contributed by atoms with E-state index in [-0.39, 0.29) is 6.10 Å². The molecule has 0 spiro atoms. The minimum atomic E-state index is -0.261. The molecular formula is C12H17N3O. The summed E-state index contributed by atoms with van der Waals surface area (Å²) < 4.78 is 0. The van der Waals surface area contributed by atoms with Crippen LogP contribution in [0.4, 0.5) is 11.4 Å². The van der Waals surface area contributed by atoms with Crippen LogP contribution in [0.5, 0.6) is 0 Å². The van der Waals surface area contributed by atoms with Crippen LogP contribution in [0.3, 0.4) is 0 Å². The summed E-state index contributed by atoms with van der Waals surface area (Å²) in [6.45, 7) is 2.55. The monoisotopic (exact) mass is 219 g/mol. The molecule has 1 rings (SSSR count). The van der Waals surface area contributed by atoms with Crippen LogP contribution in [-0.2, 0) is 0 Å². The Balaban J connectivity index is 2.46. The molecule has 86 valence electrons. The average molecular weight is 219 g/mol. The van der Waals surface area contributed by atoms with Gasteiger partial charge in [-0.25, -0.2) is 0 Å². The summed E-state index contributed by atoms with van der Waals surface area (Å²) in [6, 6.07) is 7.34. The summed E-state index contributed by atoms with van der Waals surface area (Å²) in [5, 5.41) is 21.1. The van der Waals surface area contributed by atoms with E-state index >= 15 is 0 Å². The SMILES string of the molecule is CC(O)CCCNc1ccc(N)c(C#N)c1. The van der Waals surface area contributed by atoms with Crippen LogP contribution in [-0.4, -0.2) is 17.8 Å². The van der Waals surface area contributed by atoms with E-state index < -0.39 is 0 Å². The van der Waals surface area contributed by atoms with Crippen LogP contribution in [0.1, 0.15) is 25.3 Å². The van der Waals surface area contributed by atoms with Crippen molar-refractivity contribution in [2.75, 3.05) is 17.6 Å². The lowest BCUT2D eigenvalue weighted by atomic mass is 10.1. The minimum absolute atomic E-state index is 0.261. The first kappa shape index (κ1) is 12.3. The van der Waals surface area contributed by atoms with Gasteiger partial charge in [0, 0.05) is 17.9 Å². The third-order valence-corrected chi connectivity index (χ3v) is 2.30. The van der Waals surface area contributed by atoms with Crippen LogP contribution in [0.2, 0.25) is 0 Å². The Labute approximate surface area is 95.7 Å². The highest BCUT2D eigenvalue weighted by Crippen LogP contribution is 2.16. The molecule has 1 unspecified atom stereocenters. The Morgan fingerprint density at radius 2 is 2.31 bits per heavy atom. The Hall–Kier alpha value is -1.73. The second-order valence-electron chi connectivity index (χ2n) is 3.83. The zero-order valence-corrected chi connectivity index (χ0v) is 9.40. The van der Waals surface area contributed by atoms with Gasteiger partial charge in [-0.15, -0.1) is 0 Å². The maximum absolute atomic E-state index is 9.08. The Morgan fingerprint density at radius 3 is 2.94 bits per heavy atom. The second kappa shape index (κ2) is 5.99. The number of aliphatic hydroxyl groups is 1. The molecule has 16 heavy (non-hydrogen) atoms. The summed E-state index contributed by atoms with van der Waals surface area (Å²) in [7, 11) is 0. The van der Waals surface area contributed by atoms with Gasteiger partial charge in [0.2, 0.25) is 0 Å². The molecule has 4 nitrogen and oxygen atoms in total. The number of nitrogen functional groups attached to an aromatic ring is 1. The average Bonchev–Trinajstić information content (AvgIpc) is 2.26. The molecule has 1 aromatic carbocycles. The van der Waals surface area contributed by atoms with Gasteiger partial charge in [0.25, 0.3) is 0 Å². The fourth-order valence-corrected chi connectivity index (χ4v) is 1.39. The fraction of sp³-hybridized carbons (Fsp3) is 0.417. The lowest BCUT2D eigenvalue weighted by Gasteiger charge is -2.08. The lowest BCUT2D eigenvalue weighted by Crippen LogP contribution is -2.06. The van der Waals surface area contributed by atoms with E-state index in [1.54, 1.807) is 19.1 Å². The van der Waals surface area contributed by atoms with Gasteiger partial charge in [-0.2, -0.15) is 5.26 Å². The molecule has 0 amide bonds. The lowest BCUT2D eigenvalue weighted by molar-refractivity contribution is 0.183. The largest absolute Gasteiger partial charge is 0.398 e. The number of nitrogens with zero attached hydrogens (tertiary/aromatic N) is 1. The Morgan fingerprint density at radius 1 is 1.56 bits per heavy atom. The van der Waals surface area contributed by atoms with Gasteiger partial charge in [-0.1, -0.05) is 0 Å². The van der Waals surface area contributed by atoms with E-state index in [0.29, 0.717) is 11.3 Å². The number of benzene rings is 1. The second-order valence-corrected chi connectivity index (χ2v) is 3.83. The van der Waals surface area contributed by atoms with Gasteiger partial charge in [0.1, 0.15) is 6.07 Å². The Kier molecular flexibility index (Phi) is 4.62. The maximum Gasteiger partial charge on any atom is 0.101 e. The highest BCUT2D eigenvalue weighted by atomic mass is 16.3. The molecule has 4 N–H and O–H groups in total. The van der Waals surface area contributed by atoms with E-state index in [9.17, 15) is 0 Å². The van der Waals surface area contributed by atoms with Gasteiger partial charge < -0.3 is 16.2 Å². The van der Waals surface area contributed by atoms with Crippen LogP contribution in [0, 0.1) is 11.3 Å². The number of hydrogen-bond donors (Lipinski definition) is 3. The first-order valence-electron chi connectivity index (χ1n) is 5.35. The predicted octanol–water partition coefficient (Wildman–Crippen LogP) is 1.71. The molecular weight excluding hydrogens is 202 g/mol. The van der Waals surface area contributed by atoms with E-state index in [4.69, 9.17) is 16.1 Å². The molecule has 0 saturated carbocycles. The highest BCUT2D eigenvalue weighted by Gasteiger charge is 2.00. The van der Waals surface area contributed by atoms with Crippen molar-refractivity contribution >= 4 is 11.4 Å². The van der Waals surface area contributed by atoms with Gasteiger partial charge in [-0.3, -0.25) is 0 Å². The van der Waals surface area contributed by atoms with Crippen molar-refractivity contribution in [3.8, 4) is 6.07 Å².